The van der Waals surface area contributed by atoms with E-state index in [1.165, 1.54) is 5.56 Å². The lowest BCUT2D eigenvalue weighted by Gasteiger charge is -2.08. The molecule has 164 valence electrons. The zero-order valence-electron chi connectivity index (χ0n) is 18.4. The van der Waals surface area contributed by atoms with Crippen LogP contribution in [0.3, 0.4) is 0 Å². The molecule has 2 heterocycles. The smallest absolute Gasteiger partial charge is 0.224 e. The van der Waals surface area contributed by atoms with Crippen molar-refractivity contribution in [3.63, 3.8) is 0 Å². The molecule has 2 aromatic heterocycles. The number of aromatic nitrogens is 2. The van der Waals surface area contributed by atoms with Crippen LogP contribution in [0, 0.1) is 6.92 Å². The summed E-state index contributed by atoms with van der Waals surface area (Å²) in [6.07, 6.45) is 1.90. The molecule has 0 radical (unpaired) electrons. The van der Waals surface area contributed by atoms with Gasteiger partial charge in [0.05, 0.1) is 16.9 Å². The molecule has 5 heteroatoms. The second kappa shape index (κ2) is 9.08. The van der Waals surface area contributed by atoms with Crippen molar-refractivity contribution < 1.29 is 4.79 Å². The lowest BCUT2D eigenvalue weighted by atomic mass is 10.0. The van der Waals surface area contributed by atoms with Gasteiger partial charge in [-0.1, -0.05) is 53.6 Å². The minimum Gasteiger partial charge on any atom is -0.353 e. The van der Waals surface area contributed by atoms with Crippen LogP contribution >= 0.6 is 11.6 Å². The first-order valence-corrected chi connectivity index (χ1v) is 11.5. The molecule has 2 N–H and O–H groups in total. The number of H-pyrrole nitrogens is 1. The van der Waals surface area contributed by atoms with Gasteiger partial charge in [-0.25, -0.2) is 4.98 Å². The van der Waals surface area contributed by atoms with Gasteiger partial charge in [0.15, 0.2) is 0 Å². The number of hydrogen-bond acceptors (Lipinski definition) is 2. The van der Waals surface area contributed by atoms with Crippen molar-refractivity contribution in [2.45, 2.75) is 26.2 Å². The van der Waals surface area contributed by atoms with Crippen LogP contribution in [-0.2, 0) is 11.2 Å². The number of pyridine rings is 1. The number of carbonyl (C=O) groups is 1. The van der Waals surface area contributed by atoms with E-state index in [2.05, 4.69) is 22.4 Å². The Labute approximate surface area is 197 Å². The number of hydrogen-bond donors (Lipinski definition) is 2. The maximum absolute atomic E-state index is 12.5. The van der Waals surface area contributed by atoms with E-state index in [1.807, 2.05) is 73.7 Å². The summed E-state index contributed by atoms with van der Waals surface area (Å²) in [7, 11) is 0. The van der Waals surface area contributed by atoms with Crippen LogP contribution in [0.15, 0.2) is 78.9 Å². The zero-order chi connectivity index (χ0) is 22.8. The summed E-state index contributed by atoms with van der Waals surface area (Å²) in [5, 5.41) is 5.86. The van der Waals surface area contributed by atoms with Crippen LogP contribution in [-0.4, -0.2) is 15.9 Å². The first kappa shape index (κ1) is 21.2. The molecule has 0 aliphatic carbocycles. The molecule has 0 bridgehead atoms. The van der Waals surface area contributed by atoms with Crippen molar-refractivity contribution in [1.29, 1.82) is 0 Å². The Balaban J connectivity index is 1.40. The van der Waals surface area contributed by atoms with Crippen LogP contribution in [0.5, 0.6) is 0 Å². The summed E-state index contributed by atoms with van der Waals surface area (Å²) >= 11 is 6.32. The number of nitrogens with one attached hydrogen (secondary N) is 2. The summed E-state index contributed by atoms with van der Waals surface area (Å²) in [6.45, 7) is 2.03. The van der Waals surface area contributed by atoms with Gasteiger partial charge in [-0.3, -0.25) is 4.79 Å². The Morgan fingerprint density at radius 2 is 1.82 bits per heavy atom. The fourth-order valence-electron chi connectivity index (χ4n) is 4.19. The van der Waals surface area contributed by atoms with Crippen molar-refractivity contribution in [2.24, 2.45) is 0 Å². The van der Waals surface area contributed by atoms with E-state index in [0.717, 1.165) is 57.3 Å². The number of anilines is 1. The minimum absolute atomic E-state index is 0.0158. The van der Waals surface area contributed by atoms with Crippen LogP contribution < -0.4 is 5.32 Å². The zero-order valence-corrected chi connectivity index (χ0v) is 19.1. The minimum atomic E-state index is 0.0158. The number of nitrogens with zero attached hydrogens (tertiary/aromatic N) is 1. The molecule has 0 aliphatic heterocycles. The molecule has 0 fully saturated rings. The number of aryl methyl sites for hydroxylation is 2. The standard InChI is InChI=1S/C28H24ClN3O/c1-18-9-13-21(14-10-18)30-27(33)8-4-6-22-23-17-20(29)12-16-25(23)32-28(22)26-15-11-19-5-2-3-7-24(19)31-26/h2-3,5,7,9-17,32H,4,6,8H2,1H3,(H,30,33). The number of fused-ring (bicyclic) bond motifs is 2. The SMILES string of the molecule is Cc1ccc(NC(=O)CCCc2c(-c3ccc4ccccc4n3)[nH]c3ccc(Cl)cc23)cc1. The number of carbonyl (C=O) groups excluding carboxylic acids is 1. The normalized spacial score (nSPS) is 11.2. The third-order valence-electron chi connectivity index (χ3n) is 5.89. The number of benzene rings is 3. The maximum Gasteiger partial charge on any atom is 0.224 e. The van der Waals surface area contributed by atoms with Gasteiger partial charge in [0.25, 0.3) is 0 Å². The van der Waals surface area contributed by atoms with E-state index < -0.39 is 0 Å². The summed E-state index contributed by atoms with van der Waals surface area (Å²) in [5.74, 6) is 0.0158. The predicted octanol–water partition coefficient (Wildman–Crippen LogP) is 7.31. The first-order valence-electron chi connectivity index (χ1n) is 11.1. The van der Waals surface area contributed by atoms with E-state index in [9.17, 15) is 4.79 Å². The monoisotopic (exact) mass is 453 g/mol. The molecule has 0 unspecified atom stereocenters. The molecule has 1 amide bonds. The van der Waals surface area contributed by atoms with Crippen LogP contribution in [0.25, 0.3) is 33.2 Å². The quantitative estimate of drug-likeness (QED) is 0.283. The second-order valence-electron chi connectivity index (χ2n) is 8.33. The highest BCUT2D eigenvalue weighted by Crippen LogP contribution is 2.33. The fraction of sp³-hybridized carbons (Fsp3) is 0.143. The predicted molar refractivity (Wildman–Crippen MR) is 137 cm³/mol. The Morgan fingerprint density at radius 1 is 1.00 bits per heavy atom. The average molecular weight is 454 g/mol. The molecule has 5 aromatic rings. The number of rotatable bonds is 6. The van der Waals surface area contributed by atoms with E-state index in [1.54, 1.807) is 0 Å². The molecule has 3 aromatic carbocycles. The van der Waals surface area contributed by atoms with Crippen LogP contribution in [0.4, 0.5) is 5.69 Å². The highest BCUT2D eigenvalue weighted by molar-refractivity contribution is 6.31. The van der Waals surface area contributed by atoms with Crippen molar-refractivity contribution in [1.82, 2.24) is 9.97 Å². The van der Waals surface area contributed by atoms with Gasteiger partial charge in [-0.2, -0.15) is 0 Å². The van der Waals surface area contributed by atoms with Crippen molar-refractivity contribution in [3.8, 4) is 11.4 Å². The molecule has 33 heavy (non-hydrogen) atoms. The average Bonchev–Trinajstić information content (AvgIpc) is 3.18. The van der Waals surface area contributed by atoms with E-state index in [0.29, 0.717) is 11.4 Å². The summed E-state index contributed by atoms with van der Waals surface area (Å²) in [5.41, 5.74) is 6.97. The summed E-state index contributed by atoms with van der Waals surface area (Å²) in [4.78, 5) is 20.9. The maximum atomic E-state index is 12.5. The van der Waals surface area contributed by atoms with E-state index in [-0.39, 0.29) is 5.91 Å². The summed E-state index contributed by atoms with van der Waals surface area (Å²) < 4.78 is 0. The highest BCUT2D eigenvalue weighted by atomic mass is 35.5. The molecule has 0 saturated heterocycles. The topological polar surface area (TPSA) is 57.8 Å². The third kappa shape index (κ3) is 4.62. The van der Waals surface area contributed by atoms with Crippen LogP contribution in [0.2, 0.25) is 5.02 Å². The molecule has 0 atom stereocenters. The van der Waals surface area contributed by atoms with Gasteiger partial charge in [-0.15, -0.1) is 0 Å². The van der Waals surface area contributed by atoms with Crippen molar-refractivity contribution in [3.05, 3.63) is 95.0 Å². The molecular formula is C28H24ClN3O. The largest absolute Gasteiger partial charge is 0.353 e. The lowest BCUT2D eigenvalue weighted by Crippen LogP contribution is -2.11. The number of halogens is 1. The first-order chi connectivity index (χ1) is 16.1. The molecule has 0 spiro atoms. The Hall–Kier alpha value is -3.63. The van der Waals surface area contributed by atoms with Crippen LogP contribution in [0.1, 0.15) is 24.0 Å². The molecular weight excluding hydrogens is 430 g/mol. The van der Waals surface area contributed by atoms with Gasteiger partial charge in [0.1, 0.15) is 0 Å². The van der Waals surface area contributed by atoms with Gasteiger partial charge in [0, 0.05) is 33.4 Å². The third-order valence-corrected chi connectivity index (χ3v) is 6.12. The highest BCUT2D eigenvalue weighted by Gasteiger charge is 2.16. The Bertz CT molecular complexity index is 1450. The molecule has 4 nitrogen and oxygen atoms in total. The van der Waals surface area contributed by atoms with Gasteiger partial charge in [0.2, 0.25) is 5.91 Å². The molecule has 0 aliphatic rings. The van der Waals surface area contributed by atoms with Gasteiger partial charge < -0.3 is 10.3 Å². The number of amides is 1. The summed E-state index contributed by atoms with van der Waals surface area (Å²) in [6, 6.07) is 25.9. The molecule has 5 rings (SSSR count). The van der Waals surface area contributed by atoms with E-state index >= 15 is 0 Å². The second-order valence-corrected chi connectivity index (χ2v) is 8.76. The van der Waals surface area contributed by atoms with Crippen molar-refractivity contribution >= 4 is 45.0 Å². The van der Waals surface area contributed by atoms with E-state index in [4.69, 9.17) is 16.6 Å². The molecule has 0 saturated carbocycles. The van der Waals surface area contributed by atoms with Gasteiger partial charge in [-0.05, 0) is 67.8 Å². The van der Waals surface area contributed by atoms with Crippen molar-refractivity contribution in [2.75, 3.05) is 5.32 Å². The van der Waals surface area contributed by atoms with Gasteiger partial charge >= 0.3 is 0 Å². The Morgan fingerprint density at radius 3 is 2.67 bits per heavy atom. The Kier molecular flexibility index (Phi) is 5.84. The number of aromatic amines is 1. The fourth-order valence-corrected chi connectivity index (χ4v) is 4.36. The lowest BCUT2D eigenvalue weighted by molar-refractivity contribution is -0.116. The number of para-hydroxylation sites is 1.